The van der Waals surface area contributed by atoms with Gasteiger partial charge in [-0.1, -0.05) is 24.3 Å². The lowest BCUT2D eigenvalue weighted by molar-refractivity contribution is 0.0509. The Balaban J connectivity index is 1.53. The highest BCUT2D eigenvalue weighted by atomic mass is 32.2. The number of hydrogen-bond donors (Lipinski definition) is 0. The van der Waals surface area contributed by atoms with Crippen LogP contribution < -0.4 is 4.31 Å². The molecule has 6 nitrogen and oxygen atoms in total. The van der Waals surface area contributed by atoms with E-state index in [1.165, 1.54) is 23.5 Å². The summed E-state index contributed by atoms with van der Waals surface area (Å²) in [6.07, 6.45) is 1.99. The predicted molar refractivity (Wildman–Crippen MR) is 127 cm³/mol. The van der Waals surface area contributed by atoms with E-state index in [0.717, 1.165) is 24.3 Å². The first-order chi connectivity index (χ1) is 15.4. The van der Waals surface area contributed by atoms with E-state index in [1.54, 1.807) is 52.6 Å². The van der Waals surface area contributed by atoms with Crippen LogP contribution in [-0.2, 0) is 21.3 Å². The monoisotopic (exact) mass is 470 g/mol. The average molecular weight is 471 g/mol. The second-order valence-corrected chi connectivity index (χ2v) is 10.7. The second-order valence-electron chi connectivity index (χ2n) is 7.73. The van der Waals surface area contributed by atoms with E-state index in [1.807, 2.05) is 23.6 Å². The zero-order chi connectivity index (χ0) is 22.6. The summed E-state index contributed by atoms with van der Waals surface area (Å²) >= 11 is 1.61. The third kappa shape index (κ3) is 5.03. The minimum Gasteiger partial charge on any atom is -0.376 e. The van der Waals surface area contributed by atoms with Gasteiger partial charge in [0.25, 0.3) is 15.9 Å². The molecule has 4 rings (SSSR count). The molecule has 1 aliphatic rings. The number of carbonyl (C=O) groups is 1. The lowest BCUT2D eigenvalue weighted by Crippen LogP contribution is -2.36. The molecule has 0 spiro atoms. The molecule has 2 heterocycles. The molecule has 0 aliphatic carbocycles. The molecule has 0 unspecified atom stereocenters. The summed E-state index contributed by atoms with van der Waals surface area (Å²) in [4.78, 5) is 16.3. The molecule has 0 saturated carbocycles. The Morgan fingerprint density at radius 2 is 1.81 bits per heavy atom. The van der Waals surface area contributed by atoms with Crippen LogP contribution in [0.2, 0.25) is 0 Å². The van der Waals surface area contributed by atoms with Gasteiger partial charge in [-0.25, -0.2) is 8.42 Å². The molecule has 168 valence electrons. The van der Waals surface area contributed by atoms with Gasteiger partial charge in [-0.05, 0) is 60.7 Å². The van der Waals surface area contributed by atoms with Gasteiger partial charge >= 0.3 is 0 Å². The third-order valence-corrected chi connectivity index (χ3v) is 8.20. The van der Waals surface area contributed by atoms with Crippen molar-refractivity contribution in [3.63, 3.8) is 0 Å². The van der Waals surface area contributed by atoms with E-state index in [-0.39, 0.29) is 16.9 Å². The van der Waals surface area contributed by atoms with Crippen LogP contribution in [0, 0.1) is 0 Å². The number of para-hydroxylation sites is 1. The molecule has 1 saturated heterocycles. The fourth-order valence-electron chi connectivity index (χ4n) is 3.73. The van der Waals surface area contributed by atoms with Crippen molar-refractivity contribution in [2.75, 3.05) is 24.5 Å². The van der Waals surface area contributed by atoms with Crippen molar-refractivity contribution in [1.82, 2.24) is 4.90 Å². The molecule has 1 fully saturated rings. The van der Waals surface area contributed by atoms with Crippen LogP contribution >= 0.6 is 11.3 Å². The lowest BCUT2D eigenvalue weighted by atomic mass is 10.1. The second kappa shape index (κ2) is 9.85. The van der Waals surface area contributed by atoms with Crippen molar-refractivity contribution in [3.8, 4) is 0 Å². The number of ether oxygens (including phenoxy) is 1. The number of amides is 1. The van der Waals surface area contributed by atoms with Crippen LogP contribution in [-0.4, -0.2) is 45.5 Å². The van der Waals surface area contributed by atoms with Crippen molar-refractivity contribution in [3.05, 3.63) is 82.6 Å². The van der Waals surface area contributed by atoms with Crippen LogP contribution in [0.5, 0.6) is 0 Å². The number of carbonyl (C=O) groups excluding carboxylic acids is 1. The molecule has 2 aromatic carbocycles. The molecule has 8 heteroatoms. The van der Waals surface area contributed by atoms with Gasteiger partial charge in [-0.3, -0.25) is 9.10 Å². The fourth-order valence-corrected chi connectivity index (χ4v) is 5.65. The zero-order valence-corrected chi connectivity index (χ0v) is 19.5. The van der Waals surface area contributed by atoms with Crippen molar-refractivity contribution in [2.45, 2.75) is 30.4 Å². The average Bonchev–Trinajstić information content (AvgIpc) is 3.53. The molecular formula is C24H26N2O4S2. The van der Waals surface area contributed by atoms with Crippen molar-refractivity contribution >= 4 is 33.0 Å². The normalized spacial score (nSPS) is 16.1. The minimum absolute atomic E-state index is 0.0399. The Hall–Kier alpha value is -2.68. The van der Waals surface area contributed by atoms with E-state index in [2.05, 4.69) is 0 Å². The summed E-state index contributed by atoms with van der Waals surface area (Å²) in [5.41, 5.74) is 1.03. The molecule has 32 heavy (non-hydrogen) atoms. The Morgan fingerprint density at radius 3 is 2.44 bits per heavy atom. The summed E-state index contributed by atoms with van der Waals surface area (Å²) in [6.45, 7) is 1.76. The first-order valence-corrected chi connectivity index (χ1v) is 12.8. The van der Waals surface area contributed by atoms with Gasteiger partial charge in [0.05, 0.1) is 23.2 Å². The Morgan fingerprint density at radius 1 is 1.06 bits per heavy atom. The zero-order valence-electron chi connectivity index (χ0n) is 17.9. The maximum Gasteiger partial charge on any atom is 0.264 e. The summed E-state index contributed by atoms with van der Waals surface area (Å²) in [7, 11) is -2.20. The van der Waals surface area contributed by atoms with Gasteiger partial charge < -0.3 is 9.64 Å². The minimum atomic E-state index is -3.72. The van der Waals surface area contributed by atoms with Crippen molar-refractivity contribution < 1.29 is 17.9 Å². The standard InChI is InChI=1S/C24H26N2O4S2/c1-25(20-7-3-2-4-8-20)32(28,29)23-13-11-19(12-14-23)24(27)26(17-21-9-5-15-30-21)18-22-10-6-16-31-22/h2-4,6-8,10-14,16,21H,5,9,15,17-18H2,1H3/t21-/m0/s1. The topological polar surface area (TPSA) is 66.9 Å². The highest BCUT2D eigenvalue weighted by Crippen LogP contribution is 2.23. The number of anilines is 1. The maximum atomic E-state index is 13.3. The molecule has 1 aromatic heterocycles. The fraction of sp³-hybridized carbons (Fsp3) is 0.292. The number of hydrogen-bond acceptors (Lipinski definition) is 5. The third-order valence-electron chi connectivity index (χ3n) is 5.54. The van der Waals surface area contributed by atoms with Gasteiger partial charge in [-0.2, -0.15) is 0 Å². The first kappa shape index (κ1) is 22.5. The van der Waals surface area contributed by atoms with Gasteiger partial charge in [0.2, 0.25) is 0 Å². The van der Waals surface area contributed by atoms with E-state index in [9.17, 15) is 13.2 Å². The predicted octanol–water partition coefficient (Wildman–Crippen LogP) is 4.39. The Kier molecular flexibility index (Phi) is 6.93. The van der Waals surface area contributed by atoms with Crippen LogP contribution in [0.1, 0.15) is 28.1 Å². The number of thiophene rings is 1. The number of benzene rings is 2. The maximum absolute atomic E-state index is 13.3. The molecule has 0 radical (unpaired) electrons. The van der Waals surface area contributed by atoms with Crippen LogP contribution in [0.3, 0.4) is 0 Å². The van der Waals surface area contributed by atoms with E-state index in [0.29, 0.717) is 24.3 Å². The van der Waals surface area contributed by atoms with Crippen LogP contribution in [0.4, 0.5) is 5.69 Å². The van der Waals surface area contributed by atoms with E-state index >= 15 is 0 Å². The van der Waals surface area contributed by atoms with E-state index < -0.39 is 10.0 Å². The molecule has 0 N–H and O–H groups in total. The largest absolute Gasteiger partial charge is 0.376 e. The molecule has 1 aliphatic heterocycles. The van der Waals surface area contributed by atoms with Crippen LogP contribution in [0.15, 0.2) is 77.0 Å². The molecular weight excluding hydrogens is 444 g/mol. The number of sulfonamides is 1. The quantitative estimate of drug-likeness (QED) is 0.490. The molecule has 3 aromatic rings. The van der Waals surface area contributed by atoms with Gasteiger partial charge in [0, 0.05) is 30.6 Å². The highest BCUT2D eigenvalue weighted by molar-refractivity contribution is 7.92. The van der Waals surface area contributed by atoms with Crippen molar-refractivity contribution in [1.29, 1.82) is 0 Å². The summed E-state index contributed by atoms with van der Waals surface area (Å²) in [5, 5.41) is 1.99. The molecule has 1 amide bonds. The van der Waals surface area contributed by atoms with Gasteiger partial charge in [-0.15, -0.1) is 11.3 Å². The summed E-state index contributed by atoms with van der Waals surface area (Å²) < 4.78 is 33.0. The SMILES string of the molecule is CN(c1ccccc1)S(=O)(=O)c1ccc(C(=O)N(Cc2cccs2)C[C@@H]2CCCO2)cc1. The lowest BCUT2D eigenvalue weighted by Gasteiger charge is -2.25. The van der Waals surface area contributed by atoms with Gasteiger partial charge in [0.1, 0.15) is 0 Å². The first-order valence-electron chi connectivity index (χ1n) is 10.5. The Labute approximate surface area is 193 Å². The molecule has 1 atom stereocenters. The number of nitrogens with zero attached hydrogens (tertiary/aromatic N) is 2. The van der Waals surface area contributed by atoms with Gasteiger partial charge in [0.15, 0.2) is 0 Å². The Bertz CT molecular complexity index is 1120. The summed E-state index contributed by atoms with van der Waals surface area (Å²) in [6, 6.07) is 19.0. The highest BCUT2D eigenvalue weighted by Gasteiger charge is 2.25. The smallest absolute Gasteiger partial charge is 0.264 e. The summed E-state index contributed by atoms with van der Waals surface area (Å²) in [5.74, 6) is -0.130. The number of rotatable bonds is 8. The van der Waals surface area contributed by atoms with E-state index in [4.69, 9.17) is 4.74 Å². The van der Waals surface area contributed by atoms with Crippen LogP contribution in [0.25, 0.3) is 0 Å². The molecule has 0 bridgehead atoms. The van der Waals surface area contributed by atoms with Crippen molar-refractivity contribution in [2.24, 2.45) is 0 Å².